The molecule has 0 saturated carbocycles. The lowest BCUT2D eigenvalue weighted by molar-refractivity contribution is 0.0945. The monoisotopic (exact) mass is 377 g/mol. The zero-order chi connectivity index (χ0) is 16.9. The Morgan fingerprint density at radius 3 is 2.75 bits per heavy atom. The van der Waals surface area contributed by atoms with Crippen molar-refractivity contribution in [3.05, 3.63) is 68.3 Å². The van der Waals surface area contributed by atoms with Gasteiger partial charge in [0.1, 0.15) is 5.69 Å². The molecule has 2 aromatic heterocycles. The first-order valence-corrected chi connectivity index (χ1v) is 9.08. The van der Waals surface area contributed by atoms with Crippen molar-refractivity contribution in [1.29, 1.82) is 0 Å². The first kappa shape index (κ1) is 16.6. The number of nitrogens with one attached hydrogen (secondary N) is 2. The summed E-state index contributed by atoms with van der Waals surface area (Å²) < 4.78 is 0. The minimum atomic E-state index is -0.322. The average Bonchev–Trinajstić information content (AvgIpc) is 3.24. The predicted octanol–water partition coefficient (Wildman–Crippen LogP) is 4.04. The van der Waals surface area contributed by atoms with Crippen LogP contribution in [0.2, 0.25) is 5.02 Å². The van der Waals surface area contributed by atoms with E-state index >= 15 is 0 Å². The maximum absolute atomic E-state index is 12.1. The van der Waals surface area contributed by atoms with Gasteiger partial charge in [0.15, 0.2) is 5.13 Å². The zero-order valence-electron chi connectivity index (χ0n) is 12.3. The SMILES string of the molecule is O=C(Nc1nc(C(=O)NCc2cccs2)cs1)c1cccc(Cl)c1. The Morgan fingerprint density at radius 1 is 1.12 bits per heavy atom. The largest absolute Gasteiger partial charge is 0.346 e. The molecule has 0 aliphatic carbocycles. The lowest BCUT2D eigenvalue weighted by Gasteiger charge is -2.02. The smallest absolute Gasteiger partial charge is 0.271 e. The first-order valence-electron chi connectivity index (χ1n) is 6.95. The van der Waals surface area contributed by atoms with Crippen molar-refractivity contribution in [2.75, 3.05) is 5.32 Å². The highest BCUT2D eigenvalue weighted by Crippen LogP contribution is 2.18. The van der Waals surface area contributed by atoms with E-state index in [-0.39, 0.29) is 17.5 Å². The second-order valence-electron chi connectivity index (χ2n) is 4.76. The van der Waals surface area contributed by atoms with Crippen LogP contribution in [-0.4, -0.2) is 16.8 Å². The molecule has 0 bridgehead atoms. The van der Waals surface area contributed by atoms with Gasteiger partial charge in [0.2, 0.25) is 0 Å². The Hall–Kier alpha value is -2.22. The minimum absolute atomic E-state index is 0.275. The summed E-state index contributed by atoms with van der Waals surface area (Å²) in [5, 5.41) is 9.86. The second-order valence-corrected chi connectivity index (χ2v) is 7.09. The van der Waals surface area contributed by atoms with Crippen LogP contribution in [0.25, 0.3) is 0 Å². The molecule has 0 radical (unpaired) electrons. The number of aromatic nitrogens is 1. The number of rotatable bonds is 5. The molecule has 3 aromatic rings. The summed E-state index contributed by atoms with van der Waals surface area (Å²) in [6.45, 7) is 0.457. The van der Waals surface area contributed by atoms with Crippen LogP contribution in [-0.2, 0) is 6.54 Å². The molecule has 0 fully saturated rings. The number of hydrogen-bond acceptors (Lipinski definition) is 5. The number of thiazole rings is 1. The summed E-state index contributed by atoms with van der Waals surface area (Å²) in [5.74, 6) is -0.597. The number of carbonyl (C=O) groups is 2. The molecule has 3 rings (SSSR count). The van der Waals surface area contributed by atoms with Gasteiger partial charge in [-0.2, -0.15) is 0 Å². The van der Waals surface area contributed by atoms with Crippen molar-refractivity contribution in [2.24, 2.45) is 0 Å². The standard InChI is InChI=1S/C16H12ClN3O2S2/c17-11-4-1-3-10(7-11)14(21)20-16-19-13(9-24-16)15(22)18-8-12-5-2-6-23-12/h1-7,9H,8H2,(H,18,22)(H,19,20,21). The van der Waals surface area contributed by atoms with Crippen molar-refractivity contribution in [3.63, 3.8) is 0 Å². The summed E-state index contributed by atoms with van der Waals surface area (Å²) in [5.41, 5.74) is 0.708. The van der Waals surface area contributed by atoms with Crippen LogP contribution >= 0.6 is 34.3 Å². The third-order valence-corrected chi connectivity index (χ3v) is 4.92. The zero-order valence-corrected chi connectivity index (χ0v) is 14.7. The normalized spacial score (nSPS) is 10.4. The summed E-state index contributed by atoms with van der Waals surface area (Å²) in [6, 6.07) is 10.5. The fourth-order valence-electron chi connectivity index (χ4n) is 1.91. The topological polar surface area (TPSA) is 71.1 Å². The quantitative estimate of drug-likeness (QED) is 0.704. The van der Waals surface area contributed by atoms with Gasteiger partial charge in [-0.15, -0.1) is 22.7 Å². The van der Waals surface area contributed by atoms with Crippen LogP contribution in [0.3, 0.4) is 0 Å². The summed E-state index contributed by atoms with van der Waals surface area (Å²) in [4.78, 5) is 29.4. The third-order valence-electron chi connectivity index (χ3n) is 3.05. The number of thiophene rings is 1. The van der Waals surface area contributed by atoms with Gasteiger partial charge in [-0.25, -0.2) is 4.98 Å². The Morgan fingerprint density at radius 2 is 2.00 bits per heavy atom. The number of amides is 2. The number of anilines is 1. The molecule has 1 aromatic carbocycles. The molecule has 0 unspecified atom stereocenters. The van der Waals surface area contributed by atoms with Crippen molar-refractivity contribution in [2.45, 2.75) is 6.54 Å². The van der Waals surface area contributed by atoms with E-state index in [2.05, 4.69) is 15.6 Å². The molecule has 5 nitrogen and oxygen atoms in total. The Kier molecular flexibility index (Phi) is 5.24. The van der Waals surface area contributed by atoms with Crippen molar-refractivity contribution in [1.82, 2.24) is 10.3 Å². The molecule has 0 spiro atoms. The molecule has 0 aliphatic rings. The van der Waals surface area contributed by atoms with E-state index in [4.69, 9.17) is 11.6 Å². The van der Waals surface area contributed by atoms with E-state index in [9.17, 15) is 9.59 Å². The number of halogens is 1. The molecule has 0 aliphatic heterocycles. The van der Waals surface area contributed by atoms with Gasteiger partial charge in [0.05, 0.1) is 6.54 Å². The first-order chi connectivity index (χ1) is 11.6. The van der Waals surface area contributed by atoms with Crippen LogP contribution in [0.5, 0.6) is 0 Å². The van der Waals surface area contributed by atoms with Gasteiger partial charge in [0.25, 0.3) is 11.8 Å². The highest BCUT2D eigenvalue weighted by molar-refractivity contribution is 7.14. The lowest BCUT2D eigenvalue weighted by atomic mass is 10.2. The Bertz CT molecular complexity index is 862. The van der Waals surface area contributed by atoms with Crippen LogP contribution in [0, 0.1) is 0 Å². The highest BCUT2D eigenvalue weighted by Gasteiger charge is 2.13. The van der Waals surface area contributed by atoms with Crippen LogP contribution in [0.4, 0.5) is 5.13 Å². The van der Waals surface area contributed by atoms with Crippen molar-refractivity contribution >= 4 is 51.2 Å². The van der Waals surface area contributed by atoms with Gasteiger partial charge in [-0.05, 0) is 29.6 Å². The van der Waals surface area contributed by atoms with E-state index in [1.165, 1.54) is 11.3 Å². The van der Waals surface area contributed by atoms with Crippen molar-refractivity contribution in [3.8, 4) is 0 Å². The fourth-order valence-corrected chi connectivity index (χ4v) is 3.43. The second kappa shape index (κ2) is 7.57. The van der Waals surface area contributed by atoms with E-state index < -0.39 is 0 Å². The number of nitrogens with zero attached hydrogens (tertiary/aromatic N) is 1. The molecule has 0 saturated heterocycles. The third kappa shape index (κ3) is 4.19. The summed E-state index contributed by atoms with van der Waals surface area (Å²) in [6.07, 6.45) is 0. The van der Waals surface area contributed by atoms with E-state index in [0.717, 1.165) is 4.88 Å². The predicted molar refractivity (Wildman–Crippen MR) is 97.0 cm³/mol. The van der Waals surface area contributed by atoms with Crippen LogP contribution < -0.4 is 10.6 Å². The molecule has 0 atom stereocenters. The molecule has 2 N–H and O–H groups in total. The van der Waals surface area contributed by atoms with Gasteiger partial charge >= 0.3 is 0 Å². The average molecular weight is 378 g/mol. The van der Waals surface area contributed by atoms with Gasteiger partial charge in [-0.1, -0.05) is 23.7 Å². The maximum atomic E-state index is 12.1. The number of hydrogen-bond donors (Lipinski definition) is 2. The van der Waals surface area contributed by atoms with Gasteiger partial charge in [0, 0.05) is 20.8 Å². The number of carbonyl (C=O) groups excluding carboxylic acids is 2. The minimum Gasteiger partial charge on any atom is -0.346 e. The van der Waals surface area contributed by atoms with E-state index in [1.54, 1.807) is 41.0 Å². The molecule has 2 amide bonds. The van der Waals surface area contributed by atoms with Crippen LogP contribution in [0.15, 0.2) is 47.2 Å². The molecule has 24 heavy (non-hydrogen) atoms. The fraction of sp³-hybridized carbons (Fsp3) is 0.0625. The maximum Gasteiger partial charge on any atom is 0.271 e. The van der Waals surface area contributed by atoms with Crippen LogP contribution in [0.1, 0.15) is 25.7 Å². The molecule has 2 heterocycles. The molecular weight excluding hydrogens is 366 g/mol. The molecular formula is C16H12ClN3O2S2. The lowest BCUT2D eigenvalue weighted by Crippen LogP contribution is -2.22. The highest BCUT2D eigenvalue weighted by atomic mass is 35.5. The Labute approximate surface area is 151 Å². The molecule has 8 heteroatoms. The van der Waals surface area contributed by atoms with Crippen molar-refractivity contribution < 1.29 is 9.59 Å². The van der Waals surface area contributed by atoms with E-state index in [0.29, 0.717) is 22.3 Å². The molecule has 122 valence electrons. The number of benzene rings is 1. The van der Waals surface area contributed by atoms with Gasteiger partial charge < -0.3 is 5.32 Å². The van der Waals surface area contributed by atoms with E-state index in [1.807, 2.05) is 17.5 Å². The summed E-state index contributed by atoms with van der Waals surface area (Å²) >= 11 is 8.64. The summed E-state index contributed by atoms with van der Waals surface area (Å²) in [7, 11) is 0. The Balaban J connectivity index is 1.60. The van der Waals surface area contributed by atoms with Gasteiger partial charge in [-0.3, -0.25) is 14.9 Å².